The minimum absolute atomic E-state index is 0.430. The molecule has 2 aromatic rings. The fourth-order valence-electron chi connectivity index (χ4n) is 2.17. The number of halogens is 1. The Morgan fingerprint density at radius 1 is 1.53 bits per heavy atom. The van der Waals surface area contributed by atoms with Crippen molar-refractivity contribution < 1.29 is 0 Å². The van der Waals surface area contributed by atoms with Crippen molar-refractivity contribution in [1.29, 1.82) is 0 Å². The molecule has 0 spiro atoms. The van der Waals surface area contributed by atoms with E-state index in [1.54, 1.807) is 4.52 Å². The zero-order chi connectivity index (χ0) is 14.0. The molecule has 0 fully saturated rings. The van der Waals surface area contributed by atoms with Crippen LogP contribution in [0, 0.1) is 6.92 Å². The molecule has 0 aromatic carbocycles. The van der Waals surface area contributed by atoms with Crippen LogP contribution in [0.25, 0.3) is 5.78 Å². The van der Waals surface area contributed by atoms with Gasteiger partial charge in [-0.15, -0.1) is 0 Å². The number of anilines is 1. The van der Waals surface area contributed by atoms with Gasteiger partial charge in [0.1, 0.15) is 17.3 Å². The summed E-state index contributed by atoms with van der Waals surface area (Å²) in [6.07, 6.45) is 4.69. The van der Waals surface area contributed by atoms with Crippen LogP contribution in [0.5, 0.6) is 0 Å². The van der Waals surface area contributed by atoms with Crippen molar-refractivity contribution in [3.63, 3.8) is 0 Å². The summed E-state index contributed by atoms with van der Waals surface area (Å²) >= 11 is 8.03. The lowest BCUT2D eigenvalue weighted by molar-refractivity contribution is 0.653. The van der Waals surface area contributed by atoms with E-state index in [9.17, 15) is 0 Å². The van der Waals surface area contributed by atoms with Crippen LogP contribution in [0.1, 0.15) is 18.9 Å². The zero-order valence-electron chi connectivity index (χ0n) is 11.6. The fraction of sp³-hybridized carbons (Fsp3) is 0.583. The lowest BCUT2D eigenvalue weighted by Gasteiger charge is -2.30. The number of hydrogen-bond donors (Lipinski definition) is 0. The summed E-state index contributed by atoms with van der Waals surface area (Å²) in [5.74, 6) is 2.56. The van der Waals surface area contributed by atoms with Gasteiger partial charge in [-0.1, -0.05) is 18.5 Å². The summed E-state index contributed by atoms with van der Waals surface area (Å²) in [4.78, 5) is 10.6. The van der Waals surface area contributed by atoms with Crippen molar-refractivity contribution in [3.8, 4) is 0 Å². The van der Waals surface area contributed by atoms with Crippen LogP contribution in [-0.4, -0.2) is 44.7 Å². The van der Waals surface area contributed by atoms with Gasteiger partial charge < -0.3 is 4.90 Å². The van der Waals surface area contributed by atoms with E-state index >= 15 is 0 Å². The third-order valence-corrected chi connectivity index (χ3v) is 4.37. The van der Waals surface area contributed by atoms with Gasteiger partial charge in [0.15, 0.2) is 0 Å². The second kappa shape index (κ2) is 5.96. The Morgan fingerprint density at radius 2 is 2.26 bits per heavy atom. The van der Waals surface area contributed by atoms with Crippen molar-refractivity contribution in [2.75, 3.05) is 24.0 Å². The maximum Gasteiger partial charge on any atom is 0.255 e. The molecule has 0 amide bonds. The average molecular weight is 300 g/mol. The largest absolute Gasteiger partial charge is 0.355 e. The first-order valence-corrected chi connectivity index (χ1v) is 7.94. The Kier molecular flexibility index (Phi) is 4.52. The molecule has 0 bridgehead atoms. The summed E-state index contributed by atoms with van der Waals surface area (Å²) in [5.41, 5.74) is 0.932. The van der Waals surface area contributed by atoms with Crippen LogP contribution < -0.4 is 4.90 Å². The molecular formula is C12H18ClN5S. The number of thioether (sulfide) groups is 1. The first-order valence-electron chi connectivity index (χ1n) is 6.17. The molecule has 2 rings (SSSR count). The van der Waals surface area contributed by atoms with Crippen molar-refractivity contribution in [2.45, 2.75) is 26.3 Å². The molecule has 5 nitrogen and oxygen atoms in total. The van der Waals surface area contributed by atoms with E-state index in [1.807, 2.05) is 18.7 Å². The highest BCUT2D eigenvalue weighted by atomic mass is 35.5. The Morgan fingerprint density at radius 3 is 2.89 bits per heavy atom. The zero-order valence-corrected chi connectivity index (χ0v) is 13.2. The second-order valence-corrected chi connectivity index (χ2v) is 5.72. The van der Waals surface area contributed by atoms with Gasteiger partial charge in [0.05, 0.1) is 0 Å². The summed E-state index contributed by atoms with van der Waals surface area (Å²) in [6, 6.07) is 0.430. The van der Waals surface area contributed by atoms with Gasteiger partial charge in [0.25, 0.3) is 5.78 Å². The molecule has 19 heavy (non-hydrogen) atoms. The molecule has 0 aliphatic carbocycles. The van der Waals surface area contributed by atoms with E-state index in [-0.39, 0.29) is 0 Å². The quantitative estimate of drug-likeness (QED) is 0.794. The molecule has 104 valence electrons. The third kappa shape index (κ3) is 2.65. The standard InChI is InChI=1S/C12H18ClN5S/c1-5-9(6-19-4)17(3)11-8(2)10(13)16-12-14-7-15-18(11)12/h7,9H,5-6H2,1-4H3. The van der Waals surface area contributed by atoms with Crippen LogP contribution in [0.2, 0.25) is 5.15 Å². The second-order valence-electron chi connectivity index (χ2n) is 4.45. The van der Waals surface area contributed by atoms with E-state index in [4.69, 9.17) is 11.6 Å². The van der Waals surface area contributed by atoms with Crippen molar-refractivity contribution in [3.05, 3.63) is 17.0 Å². The lowest BCUT2D eigenvalue weighted by Crippen LogP contribution is -2.35. The highest BCUT2D eigenvalue weighted by Crippen LogP contribution is 2.27. The van der Waals surface area contributed by atoms with Gasteiger partial charge in [-0.2, -0.15) is 31.3 Å². The maximum atomic E-state index is 6.19. The topological polar surface area (TPSA) is 46.3 Å². The third-order valence-electron chi connectivity index (χ3n) is 3.29. The molecule has 7 heteroatoms. The summed E-state index contributed by atoms with van der Waals surface area (Å²) in [6.45, 7) is 4.15. The Labute approximate surface area is 122 Å². The number of nitrogens with zero attached hydrogens (tertiary/aromatic N) is 5. The highest BCUT2D eigenvalue weighted by molar-refractivity contribution is 7.98. The highest BCUT2D eigenvalue weighted by Gasteiger charge is 2.20. The molecule has 1 unspecified atom stereocenters. The van der Waals surface area contributed by atoms with Crippen LogP contribution >= 0.6 is 23.4 Å². The fourth-order valence-corrected chi connectivity index (χ4v) is 3.17. The molecule has 0 aliphatic heterocycles. The molecule has 0 aliphatic rings. The van der Waals surface area contributed by atoms with E-state index in [1.165, 1.54) is 6.33 Å². The van der Waals surface area contributed by atoms with Crippen molar-refractivity contribution >= 4 is 35.0 Å². The van der Waals surface area contributed by atoms with E-state index < -0.39 is 0 Å². The molecule has 2 heterocycles. The first kappa shape index (κ1) is 14.4. The predicted molar refractivity (Wildman–Crippen MR) is 81.4 cm³/mol. The predicted octanol–water partition coefficient (Wildman–Crippen LogP) is 2.66. The summed E-state index contributed by atoms with van der Waals surface area (Å²) in [5, 5.41) is 4.74. The molecule has 1 atom stereocenters. The Hall–Kier alpha value is -1.01. The maximum absolute atomic E-state index is 6.19. The minimum atomic E-state index is 0.430. The summed E-state index contributed by atoms with van der Waals surface area (Å²) < 4.78 is 1.75. The van der Waals surface area contributed by atoms with E-state index in [0.717, 1.165) is 23.6 Å². The van der Waals surface area contributed by atoms with Crippen molar-refractivity contribution in [1.82, 2.24) is 19.6 Å². The van der Waals surface area contributed by atoms with Gasteiger partial charge in [0.2, 0.25) is 0 Å². The number of hydrogen-bond acceptors (Lipinski definition) is 5. The lowest BCUT2D eigenvalue weighted by atomic mass is 10.2. The number of fused-ring (bicyclic) bond motifs is 1. The van der Waals surface area contributed by atoms with Gasteiger partial charge in [-0.3, -0.25) is 0 Å². The number of aromatic nitrogens is 4. The SMILES string of the molecule is CCC(CSC)N(C)c1c(C)c(Cl)nc2ncnn12. The van der Waals surface area contributed by atoms with E-state index in [2.05, 4.69) is 40.2 Å². The molecule has 0 saturated carbocycles. The Balaban J connectivity index is 2.53. The monoisotopic (exact) mass is 299 g/mol. The summed E-state index contributed by atoms with van der Waals surface area (Å²) in [7, 11) is 2.07. The van der Waals surface area contributed by atoms with Crippen LogP contribution in [0.4, 0.5) is 5.82 Å². The van der Waals surface area contributed by atoms with Gasteiger partial charge in [-0.25, -0.2) is 0 Å². The molecule has 0 N–H and O–H groups in total. The smallest absolute Gasteiger partial charge is 0.255 e. The molecule has 0 radical (unpaired) electrons. The van der Waals surface area contributed by atoms with Crippen molar-refractivity contribution in [2.24, 2.45) is 0 Å². The van der Waals surface area contributed by atoms with Crippen LogP contribution in [0.3, 0.4) is 0 Å². The van der Waals surface area contributed by atoms with Gasteiger partial charge in [0, 0.05) is 24.4 Å². The van der Waals surface area contributed by atoms with Crippen LogP contribution in [-0.2, 0) is 0 Å². The first-order chi connectivity index (χ1) is 9.10. The van der Waals surface area contributed by atoms with E-state index in [0.29, 0.717) is 17.0 Å². The average Bonchev–Trinajstić information content (AvgIpc) is 2.84. The molecular weight excluding hydrogens is 282 g/mol. The molecule has 0 saturated heterocycles. The molecule has 2 aromatic heterocycles. The van der Waals surface area contributed by atoms with Crippen LogP contribution in [0.15, 0.2) is 6.33 Å². The normalized spacial score (nSPS) is 12.9. The minimum Gasteiger partial charge on any atom is -0.355 e. The Bertz CT molecular complexity index is 570. The number of rotatable bonds is 5. The van der Waals surface area contributed by atoms with Gasteiger partial charge >= 0.3 is 0 Å². The van der Waals surface area contributed by atoms with Gasteiger partial charge in [-0.05, 0) is 19.6 Å².